The second-order valence-corrected chi connectivity index (χ2v) is 7.06. The molecule has 0 fully saturated rings. The van der Waals surface area contributed by atoms with Gasteiger partial charge in [-0.15, -0.1) is 0 Å². The monoisotopic (exact) mass is 413 g/mol. The number of halogens is 2. The van der Waals surface area contributed by atoms with Crippen LogP contribution in [0.1, 0.15) is 16.7 Å². The van der Waals surface area contributed by atoms with Gasteiger partial charge in [0.1, 0.15) is 0 Å². The van der Waals surface area contributed by atoms with E-state index >= 15 is 0 Å². The number of methoxy groups -OCH3 is 2. The van der Waals surface area contributed by atoms with Crippen LogP contribution in [0.3, 0.4) is 0 Å². The minimum atomic E-state index is 0.635. The van der Waals surface area contributed by atoms with Crippen molar-refractivity contribution in [2.24, 2.45) is 4.99 Å². The number of benzene rings is 3. The molecule has 0 bridgehead atoms. The molecule has 0 aliphatic heterocycles. The van der Waals surface area contributed by atoms with Crippen molar-refractivity contribution in [3.63, 3.8) is 0 Å². The number of ether oxygens (including phenoxy) is 2. The SMILES string of the molecule is COc1ccc(CCN=C(c2ccc(Cl)cc2)c2ccc(Cl)cc2)cc1OC. The Kier molecular flexibility index (Phi) is 6.96. The predicted molar refractivity (Wildman–Crippen MR) is 117 cm³/mol. The van der Waals surface area contributed by atoms with Crippen molar-refractivity contribution in [3.8, 4) is 11.5 Å². The van der Waals surface area contributed by atoms with Crippen LogP contribution in [0.2, 0.25) is 10.0 Å². The lowest BCUT2D eigenvalue weighted by atomic mass is 10.0. The van der Waals surface area contributed by atoms with Crippen LogP contribution in [0.4, 0.5) is 0 Å². The van der Waals surface area contributed by atoms with Crippen LogP contribution in [0.5, 0.6) is 11.5 Å². The molecule has 0 unspecified atom stereocenters. The summed E-state index contributed by atoms with van der Waals surface area (Å²) in [5.41, 5.74) is 4.07. The summed E-state index contributed by atoms with van der Waals surface area (Å²) in [6, 6.07) is 21.3. The van der Waals surface area contributed by atoms with Crippen LogP contribution in [0, 0.1) is 0 Å². The number of nitrogens with zero attached hydrogens (tertiary/aromatic N) is 1. The molecule has 0 N–H and O–H groups in total. The molecule has 3 rings (SSSR count). The fraction of sp³-hybridized carbons (Fsp3) is 0.174. The lowest BCUT2D eigenvalue weighted by molar-refractivity contribution is 0.354. The van der Waals surface area contributed by atoms with Gasteiger partial charge in [0.15, 0.2) is 11.5 Å². The molecule has 0 aromatic heterocycles. The van der Waals surface area contributed by atoms with Crippen molar-refractivity contribution in [1.82, 2.24) is 0 Å². The molecule has 0 spiro atoms. The Morgan fingerprint density at radius 1 is 0.750 bits per heavy atom. The minimum Gasteiger partial charge on any atom is -0.493 e. The molecule has 0 aliphatic rings. The molecule has 5 heteroatoms. The van der Waals surface area contributed by atoms with Gasteiger partial charge >= 0.3 is 0 Å². The van der Waals surface area contributed by atoms with Crippen molar-refractivity contribution in [2.45, 2.75) is 6.42 Å². The van der Waals surface area contributed by atoms with Crippen molar-refractivity contribution in [2.75, 3.05) is 20.8 Å². The first-order chi connectivity index (χ1) is 13.6. The van der Waals surface area contributed by atoms with Gasteiger partial charge in [-0.25, -0.2) is 0 Å². The van der Waals surface area contributed by atoms with E-state index in [1.807, 2.05) is 66.7 Å². The molecule has 0 amide bonds. The second kappa shape index (κ2) is 9.63. The highest BCUT2D eigenvalue weighted by molar-refractivity contribution is 6.31. The van der Waals surface area contributed by atoms with E-state index < -0.39 is 0 Å². The van der Waals surface area contributed by atoms with E-state index in [1.165, 1.54) is 0 Å². The molecular formula is C23H21Cl2NO2. The summed E-state index contributed by atoms with van der Waals surface area (Å²) >= 11 is 12.1. The summed E-state index contributed by atoms with van der Waals surface area (Å²) in [4.78, 5) is 4.88. The number of rotatable bonds is 7. The van der Waals surface area contributed by atoms with Gasteiger partial charge in [0.2, 0.25) is 0 Å². The quantitative estimate of drug-likeness (QED) is 0.438. The van der Waals surface area contributed by atoms with E-state index in [0.29, 0.717) is 16.6 Å². The van der Waals surface area contributed by atoms with E-state index in [-0.39, 0.29) is 0 Å². The van der Waals surface area contributed by atoms with Gasteiger partial charge in [0.25, 0.3) is 0 Å². The Hall–Kier alpha value is -2.49. The molecular weight excluding hydrogens is 393 g/mol. The van der Waals surface area contributed by atoms with Crippen molar-refractivity contribution in [1.29, 1.82) is 0 Å². The summed E-state index contributed by atoms with van der Waals surface area (Å²) in [7, 11) is 3.27. The van der Waals surface area contributed by atoms with Gasteiger partial charge in [-0.05, 0) is 48.4 Å². The molecule has 0 saturated carbocycles. The third-order valence-corrected chi connectivity index (χ3v) is 4.86. The fourth-order valence-electron chi connectivity index (χ4n) is 2.90. The molecule has 144 valence electrons. The molecule has 0 radical (unpaired) electrons. The molecule has 3 aromatic carbocycles. The molecule has 3 nitrogen and oxygen atoms in total. The topological polar surface area (TPSA) is 30.8 Å². The first-order valence-corrected chi connectivity index (χ1v) is 9.63. The highest BCUT2D eigenvalue weighted by Gasteiger charge is 2.08. The van der Waals surface area contributed by atoms with E-state index in [1.54, 1.807) is 14.2 Å². The average Bonchev–Trinajstić information content (AvgIpc) is 2.73. The summed E-state index contributed by atoms with van der Waals surface area (Å²) in [5.74, 6) is 1.44. The van der Waals surface area contributed by atoms with E-state index in [2.05, 4.69) is 0 Å². The van der Waals surface area contributed by atoms with Crippen LogP contribution >= 0.6 is 23.2 Å². The van der Waals surface area contributed by atoms with Crippen molar-refractivity contribution < 1.29 is 9.47 Å². The maximum atomic E-state index is 6.04. The van der Waals surface area contributed by atoms with E-state index in [4.69, 9.17) is 37.7 Å². The summed E-state index contributed by atoms with van der Waals surface area (Å²) < 4.78 is 10.7. The van der Waals surface area contributed by atoms with Crippen molar-refractivity contribution in [3.05, 3.63) is 93.5 Å². The molecule has 3 aromatic rings. The zero-order valence-electron chi connectivity index (χ0n) is 15.8. The van der Waals surface area contributed by atoms with Gasteiger partial charge in [0.05, 0.1) is 19.9 Å². The minimum absolute atomic E-state index is 0.635. The smallest absolute Gasteiger partial charge is 0.160 e. The number of hydrogen-bond acceptors (Lipinski definition) is 3. The van der Waals surface area contributed by atoms with Crippen LogP contribution in [-0.4, -0.2) is 26.5 Å². The van der Waals surface area contributed by atoms with Crippen LogP contribution in [-0.2, 0) is 6.42 Å². The maximum absolute atomic E-state index is 6.04. The lowest BCUT2D eigenvalue weighted by Crippen LogP contribution is -2.05. The highest BCUT2D eigenvalue weighted by atomic mass is 35.5. The molecule has 28 heavy (non-hydrogen) atoms. The Labute approximate surface area is 175 Å². The molecule has 0 aliphatic carbocycles. The number of aliphatic imine (C=N–C) groups is 1. The first kappa shape index (κ1) is 20.2. The lowest BCUT2D eigenvalue weighted by Gasteiger charge is -2.10. The zero-order chi connectivity index (χ0) is 19.9. The maximum Gasteiger partial charge on any atom is 0.160 e. The Morgan fingerprint density at radius 2 is 1.29 bits per heavy atom. The van der Waals surface area contributed by atoms with Crippen LogP contribution in [0.25, 0.3) is 0 Å². The van der Waals surface area contributed by atoms with Gasteiger partial charge in [-0.3, -0.25) is 4.99 Å². The highest BCUT2D eigenvalue weighted by Crippen LogP contribution is 2.27. The summed E-state index contributed by atoms with van der Waals surface area (Å²) in [5, 5.41) is 1.40. The molecule has 0 saturated heterocycles. The standard InChI is InChI=1S/C23H21Cl2NO2/c1-27-21-12-3-16(15-22(21)28-2)13-14-26-23(17-4-8-19(24)9-5-17)18-6-10-20(25)11-7-18/h3-12,15H,13-14H2,1-2H3. The Balaban J connectivity index is 1.85. The van der Waals surface area contributed by atoms with Crippen LogP contribution < -0.4 is 9.47 Å². The Morgan fingerprint density at radius 3 is 1.79 bits per heavy atom. The summed E-state index contributed by atoms with van der Waals surface area (Å²) in [6.45, 7) is 0.635. The third kappa shape index (κ3) is 5.06. The van der Waals surface area contributed by atoms with E-state index in [9.17, 15) is 0 Å². The molecule has 0 atom stereocenters. The molecule has 0 heterocycles. The van der Waals surface area contributed by atoms with E-state index in [0.717, 1.165) is 40.3 Å². The van der Waals surface area contributed by atoms with Gasteiger partial charge < -0.3 is 9.47 Å². The Bertz CT molecular complexity index is 904. The van der Waals surface area contributed by atoms with Crippen LogP contribution in [0.15, 0.2) is 71.7 Å². The first-order valence-electron chi connectivity index (χ1n) is 8.88. The zero-order valence-corrected chi connectivity index (χ0v) is 17.3. The van der Waals surface area contributed by atoms with Gasteiger partial charge in [-0.2, -0.15) is 0 Å². The normalized spacial score (nSPS) is 10.4. The van der Waals surface area contributed by atoms with Gasteiger partial charge in [-0.1, -0.05) is 53.5 Å². The third-order valence-electron chi connectivity index (χ3n) is 4.35. The predicted octanol–water partition coefficient (Wildman–Crippen LogP) is 6.09. The second-order valence-electron chi connectivity index (χ2n) is 6.18. The van der Waals surface area contributed by atoms with Crippen molar-refractivity contribution >= 4 is 28.9 Å². The number of hydrogen-bond donors (Lipinski definition) is 0. The fourth-order valence-corrected chi connectivity index (χ4v) is 3.15. The largest absolute Gasteiger partial charge is 0.493 e. The van der Waals surface area contributed by atoms with Gasteiger partial charge in [0, 0.05) is 27.7 Å². The summed E-state index contributed by atoms with van der Waals surface area (Å²) in [6.07, 6.45) is 0.783. The average molecular weight is 414 g/mol.